The molecule has 0 atom stereocenters. The highest BCUT2D eigenvalue weighted by atomic mass is 32.1. The standard InChI is InChI=1S/C12H26N2S/c1-6-7-8-9-14(11(4)5)12(15)13-10(2)3/h10-11H,6-9H2,1-5H3,(H,13,15). The highest BCUT2D eigenvalue weighted by Gasteiger charge is 2.12. The number of unbranched alkanes of at least 4 members (excludes halogenated alkanes) is 2. The van der Waals surface area contributed by atoms with E-state index in [9.17, 15) is 0 Å². The van der Waals surface area contributed by atoms with Crippen molar-refractivity contribution in [1.29, 1.82) is 0 Å². The van der Waals surface area contributed by atoms with E-state index in [1.165, 1.54) is 19.3 Å². The van der Waals surface area contributed by atoms with Gasteiger partial charge in [-0.15, -0.1) is 0 Å². The number of nitrogens with zero attached hydrogens (tertiary/aromatic N) is 1. The number of hydrogen-bond acceptors (Lipinski definition) is 1. The van der Waals surface area contributed by atoms with Crippen LogP contribution in [0.25, 0.3) is 0 Å². The van der Waals surface area contributed by atoms with Crippen LogP contribution in [-0.2, 0) is 0 Å². The van der Waals surface area contributed by atoms with E-state index < -0.39 is 0 Å². The van der Waals surface area contributed by atoms with Gasteiger partial charge in [0.2, 0.25) is 0 Å². The summed E-state index contributed by atoms with van der Waals surface area (Å²) in [5, 5.41) is 4.21. The first-order chi connectivity index (χ1) is 6.99. The minimum absolute atomic E-state index is 0.421. The second-order valence-corrected chi connectivity index (χ2v) is 4.99. The molecule has 0 fully saturated rings. The smallest absolute Gasteiger partial charge is 0.169 e. The summed E-state index contributed by atoms with van der Waals surface area (Å²) in [6, 6.07) is 0.908. The van der Waals surface area contributed by atoms with Crippen molar-refractivity contribution in [2.24, 2.45) is 0 Å². The third-order valence-corrected chi connectivity index (χ3v) is 2.65. The van der Waals surface area contributed by atoms with Crippen molar-refractivity contribution >= 4 is 17.3 Å². The SMILES string of the molecule is CCCCCN(C(=S)NC(C)C)C(C)C. The molecule has 0 radical (unpaired) electrons. The molecule has 0 unspecified atom stereocenters. The van der Waals surface area contributed by atoms with Crippen molar-refractivity contribution in [2.75, 3.05) is 6.54 Å². The van der Waals surface area contributed by atoms with Gasteiger partial charge in [-0.05, 0) is 46.3 Å². The molecule has 0 aliphatic rings. The van der Waals surface area contributed by atoms with Crippen LogP contribution in [0.15, 0.2) is 0 Å². The van der Waals surface area contributed by atoms with E-state index in [0.29, 0.717) is 12.1 Å². The summed E-state index contributed by atoms with van der Waals surface area (Å²) in [6.45, 7) is 11.9. The van der Waals surface area contributed by atoms with Crippen molar-refractivity contribution < 1.29 is 0 Å². The van der Waals surface area contributed by atoms with Crippen LogP contribution in [0.1, 0.15) is 53.9 Å². The third-order valence-electron chi connectivity index (χ3n) is 2.30. The average molecular weight is 230 g/mol. The van der Waals surface area contributed by atoms with Crippen LogP contribution in [0.5, 0.6) is 0 Å². The quantitative estimate of drug-likeness (QED) is 0.557. The fourth-order valence-corrected chi connectivity index (χ4v) is 1.99. The number of nitrogens with one attached hydrogen (secondary N) is 1. The fourth-order valence-electron chi connectivity index (χ4n) is 1.46. The van der Waals surface area contributed by atoms with Crippen LogP contribution in [-0.4, -0.2) is 28.6 Å². The molecule has 2 nitrogen and oxygen atoms in total. The lowest BCUT2D eigenvalue weighted by Crippen LogP contribution is -2.46. The van der Waals surface area contributed by atoms with Crippen molar-refractivity contribution in [3.8, 4) is 0 Å². The molecule has 0 bridgehead atoms. The molecular weight excluding hydrogens is 204 g/mol. The Labute approximate surface area is 100 Å². The van der Waals surface area contributed by atoms with Gasteiger partial charge in [-0.2, -0.15) is 0 Å². The lowest BCUT2D eigenvalue weighted by atomic mass is 10.2. The molecule has 3 heteroatoms. The number of hydrogen-bond donors (Lipinski definition) is 1. The van der Waals surface area contributed by atoms with E-state index in [1.54, 1.807) is 0 Å². The van der Waals surface area contributed by atoms with Gasteiger partial charge < -0.3 is 10.2 Å². The van der Waals surface area contributed by atoms with Crippen molar-refractivity contribution in [3.63, 3.8) is 0 Å². The Morgan fingerprint density at radius 3 is 2.20 bits per heavy atom. The summed E-state index contributed by atoms with van der Waals surface area (Å²) < 4.78 is 0. The molecule has 0 rings (SSSR count). The summed E-state index contributed by atoms with van der Waals surface area (Å²) in [5.41, 5.74) is 0. The van der Waals surface area contributed by atoms with Gasteiger partial charge >= 0.3 is 0 Å². The lowest BCUT2D eigenvalue weighted by Gasteiger charge is -2.30. The first-order valence-electron chi connectivity index (χ1n) is 6.06. The monoisotopic (exact) mass is 230 g/mol. The Morgan fingerprint density at radius 2 is 1.80 bits per heavy atom. The first kappa shape index (κ1) is 14.7. The van der Waals surface area contributed by atoms with Crippen LogP contribution < -0.4 is 5.32 Å². The maximum absolute atomic E-state index is 5.39. The minimum Gasteiger partial charge on any atom is -0.360 e. The van der Waals surface area contributed by atoms with Gasteiger partial charge in [0.05, 0.1) is 0 Å². The zero-order valence-corrected chi connectivity index (χ0v) is 11.7. The topological polar surface area (TPSA) is 15.3 Å². The molecule has 15 heavy (non-hydrogen) atoms. The molecule has 0 amide bonds. The van der Waals surface area contributed by atoms with Crippen molar-refractivity contribution in [3.05, 3.63) is 0 Å². The summed E-state index contributed by atoms with van der Waals surface area (Å²) in [4.78, 5) is 2.28. The molecule has 0 aliphatic carbocycles. The van der Waals surface area contributed by atoms with E-state index >= 15 is 0 Å². The third kappa shape index (κ3) is 6.72. The molecule has 0 aromatic carbocycles. The van der Waals surface area contributed by atoms with Gasteiger partial charge in [-0.1, -0.05) is 19.8 Å². The summed E-state index contributed by atoms with van der Waals surface area (Å²) in [7, 11) is 0. The maximum atomic E-state index is 5.39. The van der Waals surface area contributed by atoms with Crippen LogP contribution >= 0.6 is 12.2 Å². The van der Waals surface area contributed by atoms with E-state index in [1.807, 2.05) is 0 Å². The maximum Gasteiger partial charge on any atom is 0.169 e. The summed E-state index contributed by atoms with van der Waals surface area (Å²) in [5.74, 6) is 0. The predicted molar refractivity (Wildman–Crippen MR) is 72.2 cm³/mol. The molecule has 0 saturated carbocycles. The molecular formula is C12H26N2S. The fraction of sp³-hybridized carbons (Fsp3) is 0.917. The van der Waals surface area contributed by atoms with Crippen LogP contribution in [0, 0.1) is 0 Å². The molecule has 90 valence electrons. The highest BCUT2D eigenvalue weighted by molar-refractivity contribution is 7.80. The number of rotatable bonds is 6. The van der Waals surface area contributed by atoms with Crippen molar-refractivity contribution in [2.45, 2.75) is 66.0 Å². The largest absolute Gasteiger partial charge is 0.360 e. The molecule has 0 heterocycles. The molecule has 0 aliphatic heterocycles. The summed E-state index contributed by atoms with van der Waals surface area (Å²) in [6.07, 6.45) is 3.78. The van der Waals surface area contributed by atoms with Crippen LogP contribution in [0.3, 0.4) is 0 Å². The second kappa shape index (κ2) is 7.91. The minimum atomic E-state index is 0.421. The van der Waals surface area contributed by atoms with E-state index in [0.717, 1.165) is 11.7 Å². The summed E-state index contributed by atoms with van der Waals surface area (Å²) >= 11 is 5.39. The molecule has 1 N–H and O–H groups in total. The van der Waals surface area contributed by atoms with Gasteiger partial charge in [-0.25, -0.2) is 0 Å². The normalized spacial score (nSPS) is 10.9. The Bertz CT molecular complexity index is 178. The van der Waals surface area contributed by atoms with E-state index in [-0.39, 0.29) is 0 Å². The molecule has 0 spiro atoms. The molecule has 0 aromatic heterocycles. The lowest BCUT2D eigenvalue weighted by molar-refractivity contribution is 0.333. The van der Waals surface area contributed by atoms with E-state index in [4.69, 9.17) is 12.2 Å². The Morgan fingerprint density at radius 1 is 1.20 bits per heavy atom. The average Bonchev–Trinajstić information content (AvgIpc) is 2.10. The molecule has 0 aromatic rings. The molecule has 0 saturated heterocycles. The Hall–Kier alpha value is -0.310. The van der Waals surface area contributed by atoms with Gasteiger partial charge in [0, 0.05) is 18.6 Å². The van der Waals surface area contributed by atoms with Crippen LogP contribution in [0.2, 0.25) is 0 Å². The Kier molecular flexibility index (Phi) is 7.75. The first-order valence-corrected chi connectivity index (χ1v) is 6.47. The van der Waals surface area contributed by atoms with Gasteiger partial charge in [0.15, 0.2) is 5.11 Å². The Balaban J connectivity index is 4.07. The predicted octanol–water partition coefficient (Wildman–Crippen LogP) is 3.17. The van der Waals surface area contributed by atoms with E-state index in [2.05, 4.69) is 44.8 Å². The van der Waals surface area contributed by atoms with Crippen LogP contribution in [0.4, 0.5) is 0 Å². The zero-order valence-electron chi connectivity index (χ0n) is 10.8. The second-order valence-electron chi connectivity index (χ2n) is 4.60. The zero-order chi connectivity index (χ0) is 11.8. The highest BCUT2D eigenvalue weighted by Crippen LogP contribution is 2.04. The van der Waals surface area contributed by atoms with Gasteiger partial charge in [-0.3, -0.25) is 0 Å². The number of thiocarbonyl (C=S) groups is 1. The van der Waals surface area contributed by atoms with Crippen molar-refractivity contribution in [1.82, 2.24) is 10.2 Å². The van der Waals surface area contributed by atoms with Gasteiger partial charge in [0.1, 0.15) is 0 Å². The van der Waals surface area contributed by atoms with Gasteiger partial charge in [0.25, 0.3) is 0 Å².